The van der Waals surface area contributed by atoms with Crippen molar-refractivity contribution in [2.45, 2.75) is 20.3 Å². The second kappa shape index (κ2) is 6.16. The molecule has 0 saturated carbocycles. The molecule has 3 nitrogen and oxygen atoms in total. The number of hydrogen-bond donors (Lipinski definition) is 2. The molecule has 0 aliphatic rings. The Morgan fingerprint density at radius 1 is 1.31 bits per heavy atom. The topological polar surface area (TPSA) is 55.1 Å². The molecule has 1 rings (SSSR count). The zero-order valence-corrected chi connectivity index (χ0v) is 9.94. The molecule has 0 bridgehead atoms. The Morgan fingerprint density at radius 3 is 2.44 bits per heavy atom. The summed E-state index contributed by atoms with van der Waals surface area (Å²) in [5, 5.41) is 2.69. The Bertz CT molecular complexity index is 322. The Kier molecular flexibility index (Phi) is 4.83. The lowest BCUT2D eigenvalue weighted by Crippen LogP contribution is -2.35. The van der Waals surface area contributed by atoms with Gasteiger partial charge in [0.2, 0.25) is 0 Å². The minimum atomic E-state index is -0.446. The minimum absolute atomic E-state index is 0.426. The van der Waals surface area contributed by atoms with Crippen LogP contribution in [-0.2, 0) is 6.42 Å². The number of benzene rings is 1. The highest BCUT2D eigenvalue weighted by molar-refractivity contribution is 5.71. The lowest BCUT2D eigenvalue weighted by molar-refractivity contribution is 0.244. The second-order valence-corrected chi connectivity index (χ2v) is 4.44. The molecule has 3 heteroatoms. The summed E-state index contributed by atoms with van der Waals surface area (Å²) in [7, 11) is 0. The molecule has 16 heavy (non-hydrogen) atoms. The van der Waals surface area contributed by atoms with E-state index in [1.165, 1.54) is 5.56 Å². The van der Waals surface area contributed by atoms with Crippen molar-refractivity contribution >= 4 is 6.03 Å². The second-order valence-electron chi connectivity index (χ2n) is 4.44. The molecule has 1 unspecified atom stereocenters. The lowest BCUT2D eigenvalue weighted by Gasteiger charge is -2.20. The first kappa shape index (κ1) is 12.6. The van der Waals surface area contributed by atoms with E-state index < -0.39 is 6.03 Å². The maximum absolute atomic E-state index is 10.7. The molecule has 1 aromatic rings. The predicted octanol–water partition coefficient (Wildman–Crippen LogP) is 2.17. The largest absolute Gasteiger partial charge is 0.352 e. The van der Waals surface area contributed by atoms with Crippen molar-refractivity contribution in [3.8, 4) is 0 Å². The number of hydrogen-bond acceptors (Lipinski definition) is 1. The fraction of sp³-hybridized carbons (Fsp3) is 0.462. The number of primary amides is 1. The summed E-state index contributed by atoms with van der Waals surface area (Å²) in [6, 6.07) is 9.86. The van der Waals surface area contributed by atoms with E-state index in [4.69, 9.17) is 5.73 Å². The third kappa shape index (κ3) is 4.34. The van der Waals surface area contributed by atoms with E-state index in [0.29, 0.717) is 18.4 Å². The van der Waals surface area contributed by atoms with Gasteiger partial charge in [-0.1, -0.05) is 44.2 Å². The van der Waals surface area contributed by atoms with Gasteiger partial charge in [0.1, 0.15) is 0 Å². The van der Waals surface area contributed by atoms with Gasteiger partial charge in [0, 0.05) is 6.54 Å². The third-order valence-corrected chi connectivity index (χ3v) is 2.82. The van der Waals surface area contributed by atoms with Gasteiger partial charge < -0.3 is 11.1 Å². The van der Waals surface area contributed by atoms with Gasteiger partial charge in [-0.3, -0.25) is 0 Å². The molecule has 0 saturated heterocycles. The number of nitrogens with one attached hydrogen (secondary N) is 1. The standard InChI is InChI=1S/C13H20N2O/c1-10(2)12(9-15-13(14)16)8-11-6-4-3-5-7-11/h3-7,10,12H,8-9H2,1-2H3,(H3,14,15,16). The first-order chi connectivity index (χ1) is 7.59. The Labute approximate surface area is 97.0 Å². The van der Waals surface area contributed by atoms with Crippen LogP contribution in [0.4, 0.5) is 4.79 Å². The highest BCUT2D eigenvalue weighted by atomic mass is 16.2. The normalized spacial score (nSPS) is 12.4. The average Bonchev–Trinajstić information content (AvgIpc) is 2.25. The predicted molar refractivity (Wildman–Crippen MR) is 66.1 cm³/mol. The molecule has 0 aliphatic heterocycles. The van der Waals surface area contributed by atoms with Gasteiger partial charge in [-0.2, -0.15) is 0 Å². The first-order valence-electron chi connectivity index (χ1n) is 5.67. The van der Waals surface area contributed by atoms with Gasteiger partial charge in [-0.25, -0.2) is 4.79 Å². The Balaban J connectivity index is 2.54. The molecule has 1 atom stereocenters. The maximum atomic E-state index is 10.7. The Morgan fingerprint density at radius 2 is 1.94 bits per heavy atom. The van der Waals surface area contributed by atoms with Gasteiger partial charge in [-0.15, -0.1) is 0 Å². The van der Waals surface area contributed by atoms with E-state index in [0.717, 1.165) is 6.42 Å². The van der Waals surface area contributed by atoms with Crippen molar-refractivity contribution in [2.75, 3.05) is 6.54 Å². The van der Waals surface area contributed by atoms with Crippen LogP contribution in [0.2, 0.25) is 0 Å². The molecule has 0 radical (unpaired) electrons. The lowest BCUT2D eigenvalue weighted by atomic mass is 9.89. The van der Waals surface area contributed by atoms with Crippen LogP contribution in [0.1, 0.15) is 19.4 Å². The number of carbonyl (C=O) groups is 1. The molecule has 1 aromatic carbocycles. The minimum Gasteiger partial charge on any atom is -0.352 e. The smallest absolute Gasteiger partial charge is 0.312 e. The Hall–Kier alpha value is -1.51. The molecule has 0 spiro atoms. The van der Waals surface area contributed by atoms with Crippen molar-refractivity contribution in [3.63, 3.8) is 0 Å². The highest BCUT2D eigenvalue weighted by Crippen LogP contribution is 2.16. The van der Waals surface area contributed by atoms with Crippen LogP contribution >= 0.6 is 0 Å². The van der Waals surface area contributed by atoms with Gasteiger partial charge >= 0.3 is 6.03 Å². The van der Waals surface area contributed by atoms with Crippen molar-refractivity contribution in [1.29, 1.82) is 0 Å². The molecule has 0 aliphatic carbocycles. The third-order valence-electron chi connectivity index (χ3n) is 2.82. The molecular formula is C13H20N2O. The number of urea groups is 1. The molecule has 0 heterocycles. The van der Waals surface area contributed by atoms with Crippen LogP contribution < -0.4 is 11.1 Å². The van der Waals surface area contributed by atoms with Crippen molar-refractivity contribution in [2.24, 2.45) is 17.6 Å². The van der Waals surface area contributed by atoms with Crippen LogP contribution in [0, 0.1) is 11.8 Å². The van der Waals surface area contributed by atoms with Crippen LogP contribution in [0.5, 0.6) is 0 Å². The van der Waals surface area contributed by atoms with Gasteiger partial charge in [-0.05, 0) is 23.8 Å². The zero-order chi connectivity index (χ0) is 12.0. The van der Waals surface area contributed by atoms with Gasteiger partial charge in [0.15, 0.2) is 0 Å². The number of amides is 2. The van der Waals surface area contributed by atoms with Crippen LogP contribution in [0.15, 0.2) is 30.3 Å². The molecule has 88 valence electrons. The van der Waals surface area contributed by atoms with Crippen LogP contribution in [-0.4, -0.2) is 12.6 Å². The molecule has 0 aromatic heterocycles. The van der Waals surface area contributed by atoms with Crippen LogP contribution in [0.3, 0.4) is 0 Å². The monoisotopic (exact) mass is 220 g/mol. The summed E-state index contributed by atoms with van der Waals surface area (Å²) < 4.78 is 0. The molecule has 3 N–H and O–H groups in total. The first-order valence-corrected chi connectivity index (χ1v) is 5.67. The zero-order valence-electron chi connectivity index (χ0n) is 9.94. The SMILES string of the molecule is CC(C)C(CNC(N)=O)Cc1ccccc1. The molecular weight excluding hydrogens is 200 g/mol. The quantitative estimate of drug-likeness (QED) is 0.785. The fourth-order valence-corrected chi connectivity index (χ4v) is 1.69. The van der Waals surface area contributed by atoms with Crippen molar-refractivity contribution < 1.29 is 4.79 Å². The molecule has 2 amide bonds. The van der Waals surface area contributed by atoms with Crippen molar-refractivity contribution in [1.82, 2.24) is 5.32 Å². The van der Waals surface area contributed by atoms with E-state index in [2.05, 4.69) is 31.3 Å². The number of rotatable bonds is 5. The molecule has 0 fully saturated rings. The van der Waals surface area contributed by atoms with E-state index >= 15 is 0 Å². The van der Waals surface area contributed by atoms with E-state index in [1.807, 2.05) is 18.2 Å². The van der Waals surface area contributed by atoms with Crippen LogP contribution in [0.25, 0.3) is 0 Å². The highest BCUT2D eigenvalue weighted by Gasteiger charge is 2.14. The average molecular weight is 220 g/mol. The van der Waals surface area contributed by atoms with E-state index in [1.54, 1.807) is 0 Å². The van der Waals surface area contributed by atoms with E-state index in [-0.39, 0.29) is 0 Å². The maximum Gasteiger partial charge on any atom is 0.312 e. The van der Waals surface area contributed by atoms with Gasteiger partial charge in [0.05, 0.1) is 0 Å². The summed E-state index contributed by atoms with van der Waals surface area (Å²) in [4.78, 5) is 10.7. The summed E-state index contributed by atoms with van der Waals surface area (Å²) in [5.41, 5.74) is 6.38. The van der Waals surface area contributed by atoms with Crippen molar-refractivity contribution in [3.05, 3.63) is 35.9 Å². The summed E-state index contributed by atoms with van der Waals surface area (Å²) in [6.07, 6.45) is 0.971. The van der Waals surface area contributed by atoms with E-state index in [9.17, 15) is 4.79 Å². The number of carbonyl (C=O) groups excluding carboxylic acids is 1. The summed E-state index contributed by atoms with van der Waals surface area (Å²) in [6.45, 7) is 4.97. The summed E-state index contributed by atoms with van der Waals surface area (Å²) in [5.74, 6) is 0.946. The van der Waals surface area contributed by atoms with Gasteiger partial charge in [0.25, 0.3) is 0 Å². The fourth-order valence-electron chi connectivity index (χ4n) is 1.69. The summed E-state index contributed by atoms with van der Waals surface area (Å²) >= 11 is 0. The number of nitrogens with two attached hydrogens (primary N) is 1.